The van der Waals surface area contributed by atoms with Crippen molar-refractivity contribution in [3.05, 3.63) is 134 Å². The number of hydrogen-bond donors (Lipinski definition) is 0. The van der Waals surface area contributed by atoms with Gasteiger partial charge in [-0.2, -0.15) is 0 Å². The normalized spacial score (nSPS) is 17.7. The number of benzene rings is 4. The van der Waals surface area contributed by atoms with Gasteiger partial charge in [-0.3, -0.25) is 0 Å². The van der Waals surface area contributed by atoms with E-state index in [9.17, 15) is 0 Å². The van der Waals surface area contributed by atoms with Crippen LogP contribution >= 0.6 is 31.9 Å². The molecule has 0 spiro atoms. The molecule has 0 amide bonds. The molecule has 6 heteroatoms. The standard InChI is InChI=1S/C15H8BrO.C15H10Br.2ClH.Zr/c16-14-8-12-7-10-4-5-13(15(10)14)9-2-1-3-11(6-9)17-12;16-14-8-4-7-12-9-10-13(15(12)14)11-5-2-1-3-6-11;;;/h1-4,6-8,13H;1-9,13H;2*1H;/q;;;;+2/p-2. The summed E-state index contributed by atoms with van der Waals surface area (Å²) in [4.78, 5) is 0. The van der Waals surface area contributed by atoms with E-state index in [-0.39, 0.29) is 30.7 Å². The molecule has 2 unspecified atom stereocenters. The van der Waals surface area contributed by atoms with Crippen LogP contribution in [0.1, 0.15) is 45.2 Å². The summed E-state index contributed by atoms with van der Waals surface area (Å²) in [5.41, 5.74) is 8.15. The summed E-state index contributed by atoms with van der Waals surface area (Å²) in [7, 11) is 0. The third-order valence-electron chi connectivity index (χ3n) is 6.89. The van der Waals surface area contributed by atoms with E-state index in [0.29, 0.717) is 5.92 Å². The van der Waals surface area contributed by atoms with Crippen LogP contribution in [0.3, 0.4) is 0 Å². The van der Waals surface area contributed by atoms with Crippen LogP contribution in [0, 0.1) is 0 Å². The van der Waals surface area contributed by atoms with E-state index in [0.717, 1.165) is 16.0 Å². The van der Waals surface area contributed by atoms with Gasteiger partial charge in [-0.05, 0) is 0 Å². The Labute approximate surface area is 251 Å². The van der Waals surface area contributed by atoms with Crippen molar-refractivity contribution in [1.29, 1.82) is 0 Å². The molecule has 2 aliphatic carbocycles. The fourth-order valence-corrected chi connectivity index (χ4v) is 11.0. The van der Waals surface area contributed by atoms with Crippen molar-refractivity contribution in [3.63, 3.8) is 0 Å². The second kappa shape index (κ2) is 10.4. The van der Waals surface area contributed by atoms with Crippen molar-refractivity contribution in [2.45, 2.75) is 11.8 Å². The van der Waals surface area contributed by atoms with Gasteiger partial charge in [0.15, 0.2) is 0 Å². The van der Waals surface area contributed by atoms with Crippen LogP contribution in [-0.2, 0) is 23.2 Å². The van der Waals surface area contributed by atoms with Crippen LogP contribution in [0.4, 0.5) is 0 Å². The maximum atomic E-state index is 6.17. The molecular weight excluding hydrogens is 698 g/mol. The fraction of sp³-hybridized carbons (Fsp3) is 0.0667. The van der Waals surface area contributed by atoms with Crippen molar-refractivity contribution in [3.8, 4) is 11.5 Å². The van der Waals surface area contributed by atoms with Gasteiger partial charge < -0.3 is 24.8 Å². The Morgan fingerprint density at radius 2 is 1.25 bits per heavy atom. The zero-order valence-electron chi connectivity index (χ0n) is 18.8. The van der Waals surface area contributed by atoms with Crippen LogP contribution in [0.25, 0.3) is 12.2 Å². The van der Waals surface area contributed by atoms with E-state index in [4.69, 9.17) is 4.74 Å². The summed E-state index contributed by atoms with van der Waals surface area (Å²) in [6.07, 6.45) is 4.94. The van der Waals surface area contributed by atoms with Crippen LogP contribution in [0.2, 0.25) is 0 Å². The van der Waals surface area contributed by atoms with Gasteiger partial charge in [-0.1, -0.05) is 0 Å². The first-order chi connectivity index (χ1) is 16.7. The van der Waals surface area contributed by atoms with Gasteiger partial charge in [-0.25, -0.2) is 0 Å². The summed E-state index contributed by atoms with van der Waals surface area (Å²) < 4.78 is 11.7. The molecule has 0 aromatic heterocycles. The maximum absolute atomic E-state index is 6.17. The van der Waals surface area contributed by atoms with Crippen molar-refractivity contribution >= 4 is 44.0 Å². The molecule has 0 N–H and O–H groups in total. The molecule has 8 rings (SSSR count). The van der Waals surface area contributed by atoms with Gasteiger partial charge in [0.25, 0.3) is 0 Å². The van der Waals surface area contributed by atoms with Crippen LogP contribution in [0.15, 0.2) is 100 Å². The molecular formula is C30H18Br2Cl2OZr. The quantitative estimate of drug-likeness (QED) is 0.317. The zero-order valence-corrected chi connectivity index (χ0v) is 26.0. The predicted molar refractivity (Wildman–Crippen MR) is 141 cm³/mol. The van der Waals surface area contributed by atoms with Crippen molar-refractivity contribution in [1.82, 2.24) is 0 Å². The van der Waals surface area contributed by atoms with Gasteiger partial charge in [0.1, 0.15) is 0 Å². The molecule has 0 saturated carbocycles. The first-order valence-electron chi connectivity index (χ1n) is 11.3. The van der Waals surface area contributed by atoms with Crippen LogP contribution in [-0.4, -0.2) is 0 Å². The molecule has 4 aromatic rings. The topological polar surface area (TPSA) is 9.23 Å². The molecule has 0 saturated heterocycles. The number of halogens is 4. The van der Waals surface area contributed by atoms with Gasteiger partial charge in [0.05, 0.1) is 0 Å². The molecule has 0 radical (unpaired) electrons. The van der Waals surface area contributed by atoms with Crippen molar-refractivity contribution in [2.75, 3.05) is 0 Å². The largest absolute Gasteiger partial charge is 1.00 e. The Bertz CT molecular complexity index is 1550. The third-order valence-corrected chi connectivity index (χ3v) is 11.8. The SMILES string of the molecule is Brc1cccc2c1C(c1ccccc1)[C]([Zr+2][C]1=Cc3cc4cc(Br)c3C1c1cccc(c1)O4)=C2.[Cl-].[Cl-]. The van der Waals surface area contributed by atoms with E-state index in [1.165, 1.54) is 37.9 Å². The van der Waals surface area contributed by atoms with Crippen molar-refractivity contribution < 1.29 is 52.8 Å². The van der Waals surface area contributed by atoms with E-state index < -0.39 is 23.2 Å². The summed E-state index contributed by atoms with van der Waals surface area (Å²) in [6.45, 7) is 0. The Kier molecular flexibility index (Phi) is 7.56. The van der Waals surface area contributed by atoms with E-state index in [2.05, 4.69) is 129 Å². The number of rotatable bonds is 3. The van der Waals surface area contributed by atoms with Crippen LogP contribution in [0.5, 0.6) is 11.5 Å². The van der Waals surface area contributed by atoms with E-state index >= 15 is 0 Å². The summed E-state index contributed by atoms with van der Waals surface area (Å²) in [5, 5.41) is 0. The predicted octanol–water partition coefficient (Wildman–Crippen LogP) is 3.08. The molecule has 0 fully saturated rings. The fourth-order valence-electron chi connectivity index (χ4n) is 5.51. The molecule has 2 atom stereocenters. The molecule has 36 heavy (non-hydrogen) atoms. The Morgan fingerprint density at radius 1 is 0.583 bits per heavy atom. The van der Waals surface area contributed by atoms with Gasteiger partial charge >= 0.3 is 229 Å². The summed E-state index contributed by atoms with van der Waals surface area (Å²) in [6, 6.07) is 30.6. The minimum Gasteiger partial charge on any atom is -1.00 e. The summed E-state index contributed by atoms with van der Waals surface area (Å²) >= 11 is 6.65. The molecule has 1 nitrogen and oxygen atoms in total. The molecule has 6 bridgehead atoms. The monoisotopic (exact) mass is 712 g/mol. The van der Waals surface area contributed by atoms with Gasteiger partial charge in [-0.15, -0.1) is 0 Å². The van der Waals surface area contributed by atoms with Gasteiger partial charge in [0.2, 0.25) is 0 Å². The second-order valence-electron chi connectivity index (χ2n) is 8.93. The Balaban J connectivity index is 0.00000133. The molecule has 2 heterocycles. The third kappa shape index (κ3) is 4.34. The molecule has 176 valence electrons. The van der Waals surface area contributed by atoms with E-state index in [1.54, 1.807) is 6.56 Å². The minimum absolute atomic E-state index is 0. The number of hydrogen-bond acceptors (Lipinski definition) is 1. The summed E-state index contributed by atoms with van der Waals surface area (Å²) in [5.74, 6) is 2.42. The average molecular weight is 716 g/mol. The van der Waals surface area contributed by atoms with Gasteiger partial charge in [0, 0.05) is 0 Å². The first kappa shape index (κ1) is 26.2. The first-order valence-corrected chi connectivity index (χ1v) is 15.3. The van der Waals surface area contributed by atoms with E-state index in [1.807, 2.05) is 0 Å². The van der Waals surface area contributed by atoms with Crippen molar-refractivity contribution in [2.24, 2.45) is 0 Å². The number of ether oxygens (including phenoxy) is 1. The number of allylic oxidation sites excluding steroid dienone is 2. The number of fused-ring (bicyclic) bond motifs is 2. The maximum Gasteiger partial charge on any atom is -1.00 e. The smallest absolute Gasteiger partial charge is 1.00 e. The molecule has 4 aliphatic rings. The minimum atomic E-state index is -1.10. The average Bonchev–Trinajstić information content (AvgIpc) is 3.40. The molecule has 2 aliphatic heterocycles. The second-order valence-corrected chi connectivity index (χ2v) is 14.1. The molecule has 4 aromatic carbocycles. The van der Waals surface area contributed by atoms with Crippen LogP contribution < -0.4 is 29.6 Å². The Morgan fingerprint density at radius 3 is 2.06 bits per heavy atom. The zero-order chi connectivity index (χ0) is 22.8. The Hall–Kier alpha value is -1.42.